The number of nitrogens with zero attached hydrogens (tertiary/aromatic N) is 1. The molecule has 24 heavy (non-hydrogen) atoms. The van der Waals surface area contributed by atoms with E-state index in [1.807, 2.05) is 25.1 Å². The molecule has 3 N–H and O–H groups in total. The molecule has 0 atom stereocenters. The molecule has 1 aromatic carbocycles. The lowest BCUT2D eigenvalue weighted by molar-refractivity contribution is -0.125. The third-order valence-corrected chi connectivity index (χ3v) is 4.93. The molecular formula is C18H25N3O3. The molecule has 1 saturated carbocycles. The smallest absolute Gasteiger partial charge is 0.253 e. The number of amides is 2. The molecule has 1 aromatic rings. The van der Waals surface area contributed by atoms with Gasteiger partial charge in [0.1, 0.15) is 6.61 Å². The number of nitrogens with one attached hydrogen (secondary N) is 1. The third kappa shape index (κ3) is 3.44. The highest BCUT2D eigenvalue weighted by atomic mass is 16.5. The van der Waals surface area contributed by atoms with Gasteiger partial charge >= 0.3 is 0 Å². The molecule has 0 radical (unpaired) electrons. The topological polar surface area (TPSA) is 84.7 Å². The van der Waals surface area contributed by atoms with Crippen molar-refractivity contribution in [2.45, 2.75) is 44.6 Å². The van der Waals surface area contributed by atoms with Crippen LogP contribution < -0.4 is 16.0 Å². The summed E-state index contributed by atoms with van der Waals surface area (Å²) in [4.78, 5) is 26.2. The van der Waals surface area contributed by atoms with Gasteiger partial charge in [0.2, 0.25) is 5.91 Å². The van der Waals surface area contributed by atoms with E-state index in [2.05, 4.69) is 5.32 Å². The lowest BCUT2D eigenvalue weighted by Crippen LogP contribution is -2.52. The van der Waals surface area contributed by atoms with Crippen LogP contribution in [0.1, 0.15) is 37.7 Å². The summed E-state index contributed by atoms with van der Waals surface area (Å²) in [6.07, 6.45) is 4.62. The molecule has 1 aliphatic carbocycles. The van der Waals surface area contributed by atoms with E-state index in [9.17, 15) is 9.59 Å². The van der Waals surface area contributed by atoms with Crippen LogP contribution in [-0.2, 0) is 14.3 Å². The summed E-state index contributed by atoms with van der Waals surface area (Å²) in [6, 6.07) is 5.59. The van der Waals surface area contributed by atoms with Gasteiger partial charge in [0.05, 0.1) is 12.1 Å². The highest BCUT2D eigenvalue weighted by molar-refractivity contribution is 5.99. The van der Waals surface area contributed by atoms with Crippen LogP contribution in [0.4, 0.5) is 11.4 Å². The van der Waals surface area contributed by atoms with Gasteiger partial charge in [0.15, 0.2) is 0 Å². The summed E-state index contributed by atoms with van der Waals surface area (Å²) in [5, 5.41) is 2.94. The fourth-order valence-corrected chi connectivity index (χ4v) is 3.47. The second-order valence-corrected chi connectivity index (χ2v) is 6.77. The van der Waals surface area contributed by atoms with E-state index in [1.54, 1.807) is 4.90 Å². The number of rotatable bonds is 3. The van der Waals surface area contributed by atoms with Gasteiger partial charge in [-0.15, -0.1) is 0 Å². The predicted octanol–water partition coefficient (Wildman–Crippen LogP) is 1.96. The van der Waals surface area contributed by atoms with Crippen LogP contribution in [0.2, 0.25) is 0 Å². The number of nitrogens with two attached hydrogens (primary N) is 1. The van der Waals surface area contributed by atoms with Crippen molar-refractivity contribution in [3.63, 3.8) is 0 Å². The quantitative estimate of drug-likeness (QED) is 0.887. The fourth-order valence-electron chi connectivity index (χ4n) is 3.47. The summed E-state index contributed by atoms with van der Waals surface area (Å²) in [6.45, 7) is 3.15. The van der Waals surface area contributed by atoms with Crippen molar-refractivity contribution in [3.05, 3.63) is 23.8 Å². The maximum Gasteiger partial charge on any atom is 0.253 e. The molecule has 0 spiro atoms. The Morgan fingerprint density at radius 3 is 2.71 bits per heavy atom. The second kappa shape index (κ2) is 6.91. The summed E-state index contributed by atoms with van der Waals surface area (Å²) in [5.74, 6) is -0.152. The van der Waals surface area contributed by atoms with Crippen LogP contribution in [0, 0.1) is 6.92 Å². The van der Waals surface area contributed by atoms with Crippen molar-refractivity contribution in [2.24, 2.45) is 5.73 Å². The van der Waals surface area contributed by atoms with Gasteiger partial charge in [0, 0.05) is 17.9 Å². The fraction of sp³-hybridized carbons (Fsp3) is 0.556. The first-order valence-electron chi connectivity index (χ1n) is 8.59. The van der Waals surface area contributed by atoms with E-state index in [-0.39, 0.29) is 18.4 Å². The lowest BCUT2D eigenvalue weighted by Gasteiger charge is -2.32. The third-order valence-electron chi connectivity index (χ3n) is 4.93. The number of hydrogen-bond donors (Lipinski definition) is 2. The summed E-state index contributed by atoms with van der Waals surface area (Å²) in [5.41, 5.74) is 8.04. The van der Waals surface area contributed by atoms with Crippen LogP contribution in [0.15, 0.2) is 18.2 Å². The molecule has 0 aromatic heterocycles. The molecule has 130 valence electrons. The largest absolute Gasteiger partial charge is 0.370 e. The Bertz CT molecular complexity index is 638. The molecule has 2 aliphatic rings. The Balaban J connectivity index is 1.72. The molecule has 0 unspecified atom stereocenters. The average molecular weight is 331 g/mol. The minimum absolute atomic E-state index is 0.0377. The molecule has 2 amide bonds. The van der Waals surface area contributed by atoms with Crippen LogP contribution in [-0.4, -0.2) is 37.1 Å². The first kappa shape index (κ1) is 16.9. The molecule has 2 fully saturated rings. The average Bonchev–Trinajstić information content (AvgIpc) is 2.57. The van der Waals surface area contributed by atoms with Crippen molar-refractivity contribution in [1.29, 1.82) is 0 Å². The summed E-state index contributed by atoms with van der Waals surface area (Å²) in [7, 11) is 0. The van der Waals surface area contributed by atoms with E-state index in [1.165, 1.54) is 0 Å². The van der Waals surface area contributed by atoms with E-state index in [0.717, 1.165) is 49.0 Å². The van der Waals surface area contributed by atoms with E-state index >= 15 is 0 Å². The summed E-state index contributed by atoms with van der Waals surface area (Å²) < 4.78 is 5.17. The molecule has 1 aliphatic heterocycles. The maximum absolute atomic E-state index is 12.5. The standard InChI is InChI=1S/C18H25N3O3/c1-13-11-14(20-17(23)18(19)7-3-2-4-8-18)5-6-15(13)21-9-10-24-12-16(21)22/h5-6,11H,2-4,7-10,12,19H2,1H3,(H,20,23). The number of carbonyl (C=O) groups excluding carboxylic acids is 2. The lowest BCUT2D eigenvalue weighted by atomic mass is 9.82. The van der Waals surface area contributed by atoms with E-state index < -0.39 is 5.54 Å². The normalized spacial score (nSPS) is 20.8. The maximum atomic E-state index is 12.5. The predicted molar refractivity (Wildman–Crippen MR) is 93.0 cm³/mol. The molecule has 1 saturated heterocycles. The van der Waals surface area contributed by atoms with Gasteiger partial charge in [-0.25, -0.2) is 0 Å². The Morgan fingerprint density at radius 2 is 2.04 bits per heavy atom. The number of carbonyl (C=O) groups is 2. The number of anilines is 2. The van der Waals surface area contributed by atoms with Crippen LogP contribution in [0.5, 0.6) is 0 Å². The molecule has 3 rings (SSSR count). The Labute approximate surface area is 142 Å². The highest BCUT2D eigenvalue weighted by Crippen LogP contribution is 2.29. The van der Waals surface area contributed by atoms with Crippen molar-refractivity contribution in [1.82, 2.24) is 0 Å². The molecule has 6 heteroatoms. The Hall–Kier alpha value is -1.92. The SMILES string of the molecule is Cc1cc(NC(=O)C2(N)CCCCC2)ccc1N1CCOCC1=O. The number of morpholine rings is 1. The van der Waals surface area contributed by atoms with Gasteiger partial charge in [-0.2, -0.15) is 0 Å². The zero-order valence-electron chi connectivity index (χ0n) is 14.1. The molecule has 1 heterocycles. The minimum atomic E-state index is -0.759. The van der Waals surface area contributed by atoms with Gasteiger partial charge in [-0.05, 0) is 43.5 Å². The zero-order chi connectivity index (χ0) is 17.2. The Morgan fingerprint density at radius 1 is 1.29 bits per heavy atom. The van der Waals surface area contributed by atoms with Crippen molar-refractivity contribution in [3.8, 4) is 0 Å². The van der Waals surface area contributed by atoms with Crippen LogP contribution in [0.3, 0.4) is 0 Å². The van der Waals surface area contributed by atoms with Crippen molar-refractivity contribution >= 4 is 23.2 Å². The van der Waals surface area contributed by atoms with Crippen LogP contribution in [0.25, 0.3) is 0 Å². The minimum Gasteiger partial charge on any atom is -0.370 e. The Kier molecular flexibility index (Phi) is 4.87. The highest BCUT2D eigenvalue weighted by Gasteiger charge is 2.35. The number of hydrogen-bond acceptors (Lipinski definition) is 4. The second-order valence-electron chi connectivity index (χ2n) is 6.77. The summed E-state index contributed by atoms with van der Waals surface area (Å²) >= 11 is 0. The van der Waals surface area contributed by atoms with Crippen molar-refractivity contribution in [2.75, 3.05) is 30.0 Å². The first-order valence-corrected chi connectivity index (χ1v) is 8.59. The number of ether oxygens (including phenoxy) is 1. The van der Waals surface area contributed by atoms with Crippen molar-refractivity contribution < 1.29 is 14.3 Å². The molecular weight excluding hydrogens is 306 g/mol. The number of benzene rings is 1. The molecule has 6 nitrogen and oxygen atoms in total. The van der Waals surface area contributed by atoms with E-state index in [0.29, 0.717) is 13.2 Å². The first-order chi connectivity index (χ1) is 11.5. The van der Waals surface area contributed by atoms with Gasteiger partial charge in [-0.3, -0.25) is 9.59 Å². The van der Waals surface area contributed by atoms with E-state index in [4.69, 9.17) is 10.5 Å². The number of aryl methyl sites for hydroxylation is 1. The van der Waals surface area contributed by atoms with Gasteiger partial charge in [0.25, 0.3) is 5.91 Å². The zero-order valence-corrected chi connectivity index (χ0v) is 14.1. The van der Waals surface area contributed by atoms with Gasteiger partial charge < -0.3 is 20.7 Å². The monoisotopic (exact) mass is 331 g/mol. The van der Waals surface area contributed by atoms with Crippen LogP contribution >= 0.6 is 0 Å². The molecule has 0 bridgehead atoms. The van der Waals surface area contributed by atoms with Gasteiger partial charge in [-0.1, -0.05) is 19.3 Å².